The average Bonchev–Trinajstić information content (AvgIpc) is 3.24. The molecule has 0 bridgehead atoms. The van der Waals surface area contributed by atoms with Crippen LogP contribution in [0, 0.1) is 0 Å². The van der Waals surface area contributed by atoms with Crippen molar-refractivity contribution in [2.45, 2.75) is 45.3 Å². The fraction of sp³-hybridized carbons (Fsp3) is 0.467. The van der Waals surface area contributed by atoms with Gasteiger partial charge in [0.15, 0.2) is 5.75 Å². The summed E-state index contributed by atoms with van der Waals surface area (Å²) in [5.74, 6) is -0.888. The first-order chi connectivity index (χ1) is 20.1. The van der Waals surface area contributed by atoms with Gasteiger partial charge < -0.3 is 24.2 Å². The molecule has 1 aromatic heterocycles. The summed E-state index contributed by atoms with van der Waals surface area (Å²) in [6.07, 6.45) is -4.44. The summed E-state index contributed by atoms with van der Waals surface area (Å²) in [7, 11) is 1.93. The number of aryl methyl sites for hydroxylation is 1. The Morgan fingerprint density at radius 1 is 1.02 bits per heavy atom. The number of nitrogens with one attached hydrogen (secondary N) is 2. The van der Waals surface area contributed by atoms with E-state index in [2.05, 4.69) is 14.9 Å². The van der Waals surface area contributed by atoms with Crippen LogP contribution in [0.4, 0.5) is 24.5 Å². The van der Waals surface area contributed by atoms with Gasteiger partial charge in [-0.2, -0.15) is 13.2 Å². The summed E-state index contributed by atoms with van der Waals surface area (Å²) in [5.41, 5.74) is 3.84. The van der Waals surface area contributed by atoms with Crippen molar-refractivity contribution in [1.82, 2.24) is 14.4 Å². The SMILES string of the molecule is COc1c(NC(=O)c2cc3cccc(CN4CCN(C(=O)CC(F)(F)F)CC4)c3n2C)cc(C(C)(C)C)cc1NS(C)=O. The normalized spacial score (nSPS) is 15.4. The molecule has 0 saturated carbocycles. The molecule has 0 aliphatic carbocycles. The summed E-state index contributed by atoms with van der Waals surface area (Å²) in [4.78, 5) is 29.0. The van der Waals surface area contributed by atoms with E-state index in [0.29, 0.717) is 42.5 Å². The minimum Gasteiger partial charge on any atom is -0.492 e. The van der Waals surface area contributed by atoms with Gasteiger partial charge in [0, 0.05) is 51.4 Å². The van der Waals surface area contributed by atoms with Crippen molar-refractivity contribution in [1.29, 1.82) is 0 Å². The number of amides is 2. The van der Waals surface area contributed by atoms with Crippen LogP contribution in [-0.2, 0) is 34.8 Å². The zero-order valence-corrected chi connectivity index (χ0v) is 26.0. The van der Waals surface area contributed by atoms with Gasteiger partial charge in [0.1, 0.15) is 23.1 Å². The predicted octanol–water partition coefficient (Wildman–Crippen LogP) is 5.04. The van der Waals surface area contributed by atoms with E-state index in [9.17, 15) is 27.0 Å². The Labute approximate surface area is 251 Å². The van der Waals surface area contributed by atoms with Crippen molar-refractivity contribution in [3.05, 3.63) is 53.2 Å². The maximum absolute atomic E-state index is 13.7. The minimum absolute atomic E-state index is 0.226. The number of hydrogen-bond acceptors (Lipinski definition) is 5. The highest BCUT2D eigenvalue weighted by Crippen LogP contribution is 2.39. The highest BCUT2D eigenvalue weighted by Gasteiger charge is 2.34. The van der Waals surface area contributed by atoms with Crippen molar-refractivity contribution in [2.24, 2.45) is 7.05 Å². The number of benzene rings is 2. The predicted molar refractivity (Wildman–Crippen MR) is 163 cm³/mol. The number of carbonyl (C=O) groups is 2. The third-order valence-corrected chi connectivity index (χ3v) is 8.01. The fourth-order valence-corrected chi connectivity index (χ4v) is 5.78. The molecule has 3 aromatic rings. The molecule has 4 rings (SSSR count). The molecule has 0 spiro atoms. The maximum atomic E-state index is 13.7. The van der Waals surface area contributed by atoms with Gasteiger partial charge >= 0.3 is 6.18 Å². The number of methoxy groups -OCH3 is 1. The lowest BCUT2D eigenvalue weighted by atomic mass is 9.86. The third kappa shape index (κ3) is 7.69. The quantitative estimate of drug-likeness (QED) is 0.368. The largest absolute Gasteiger partial charge is 0.492 e. The summed E-state index contributed by atoms with van der Waals surface area (Å²) < 4.78 is 60.3. The number of nitrogens with zero attached hydrogens (tertiary/aromatic N) is 3. The number of fused-ring (bicyclic) bond motifs is 1. The molecule has 1 saturated heterocycles. The Hall–Kier alpha value is -3.58. The van der Waals surface area contributed by atoms with Crippen LogP contribution < -0.4 is 14.8 Å². The lowest BCUT2D eigenvalue weighted by molar-refractivity contribution is -0.162. The summed E-state index contributed by atoms with van der Waals surface area (Å²) in [6.45, 7) is 7.98. The highest BCUT2D eigenvalue weighted by molar-refractivity contribution is 7.85. The zero-order chi connectivity index (χ0) is 31.7. The number of piperazine rings is 1. The molecule has 43 heavy (non-hydrogen) atoms. The van der Waals surface area contributed by atoms with Gasteiger partial charge in [-0.25, -0.2) is 4.21 Å². The van der Waals surface area contributed by atoms with E-state index in [1.54, 1.807) is 0 Å². The Balaban J connectivity index is 1.57. The van der Waals surface area contributed by atoms with E-state index >= 15 is 0 Å². The van der Waals surface area contributed by atoms with Gasteiger partial charge in [-0.3, -0.25) is 14.5 Å². The summed E-state index contributed by atoms with van der Waals surface area (Å²) >= 11 is 0. The van der Waals surface area contributed by atoms with Crippen molar-refractivity contribution in [3.8, 4) is 5.75 Å². The second-order valence-electron chi connectivity index (χ2n) is 11.8. The molecule has 1 atom stereocenters. The Morgan fingerprint density at radius 2 is 1.67 bits per heavy atom. The second kappa shape index (κ2) is 12.6. The van der Waals surface area contributed by atoms with Crippen LogP contribution in [-0.4, -0.2) is 76.1 Å². The number of carbonyl (C=O) groups excluding carboxylic acids is 2. The molecule has 0 radical (unpaired) electrons. The van der Waals surface area contributed by atoms with Gasteiger partial charge in [-0.15, -0.1) is 0 Å². The van der Waals surface area contributed by atoms with E-state index in [1.165, 1.54) is 18.3 Å². The molecule has 2 amide bonds. The number of rotatable bonds is 8. The lowest BCUT2D eigenvalue weighted by Gasteiger charge is -2.35. The van der Waals surface area contributed by atoms with E-state index < -0.39 is 29.5 Å². The number of aromatic nitrogens is 1. The molecule has 2 aromatic carbocycles. The highest BCUT2D eigenvalue weighted by atomic mass is 32.2. The van der Waals surface area contributed by atoms with Crippen LogP contribution in [0.5, 0.6) is 5.75 Å². The van der Waals surface area contributed by atoms with Gasteiger partial charge in [0.05, 0.1) is 24.0 Å². The van der Waals surface area contributed by atoms with Crippen molar-refractivity contribution in [2.75, 3.05) is 49.6 Å². The van der Waals surface area contributed by atoms with Gasteiger partial charge in [0.25, 0.3) is 5.91 Å². The molecule has 2 heterocycles. The van der Waals surface area contributed by atoms with E-state index in [1.807, 2.05) is 68.8 Å². The Morgan fingerprint density at radius 3 is 2.26 bits per heavy atom. The van der Waals surface area contributed by atoms with Gasteiger partial charge in [-0.05, 0) is 34.7 Å². The second-order valence-corrected chi connectivity index (χ2v) is 12.9. The molecule has 234 valence electrons. The van der Waals surface area contributed by atoms with Crippen molar-refractivity contribution in [3.63, 3.8) is 0 Å². The summed E-state index contributed by atoms with van der Waals surface area (Å²) in [6, 6.07) is 11.3. The zero-order valence-electron chi connectivity index (χ0n) is 25.2. The molecule has 9 nitrogen and oxygen atoms in total. The molecule has 1 unspecified atom stereocenters. The van der Waals surface area contributed by atoms with Crippen LogP contribution >= 0.6 is 0 Å². The fourth-order valence-electron chi connectivity index (χ4n) is 5.32. The molecular formula is C30H38F3N5O4S. The first kappa shape index (κ1) is 32.3. The topological polar surface area (TPSA) is 95.9 Å². The van der Waals surface area contributed by atoms with Crippen molar-refractivity contribution >= 4 is 45.1 Å². The number of ether oxygens (including phenoxy) is 1. The number of halogens is 3. The molecule has 1 aliphatic rings. The third-order valence-electron chi connectivity index (χ3n) is 7.50. The number of anilines is 2. The number of para-hydroxylation sites is 1. The number of hydrogen-bond donors (Lipinski definition) is 2. The smallest absolute Gasteiger partial charge is 0.397 e. The average molecular weight is 622 g/mol. The maximum Gasteiger partial charge on any atom is 0.397 e. The molecule has 13 heteroatoms. The van der Waals surface area contributed by atoms with Gasteiger partial charge in [-0.1, -0.05) is 39.0 Å². The van der Waals surface area contributed by atoms with Crippen molar-refractivity contribution < 1.29 is 31.7 Å². The van der Waals surface area contributed by atoms with Crippen LogP contribution in [0.25, 0.3) is 10.9 Å². The molecule has 1 fully saturated rings. The monoisotopic (exact) mass is 621 g/mol. The Kier molecular flexibility index (Phi) is 9.45. The van der Waals surface area contributed by atoms with E-state index in [-0.39, 0.29) is 24.4 Å². The first-order valence-electron chi connectivity index (χ1n) is 13.9. The van der Waals surface area contributed by atoms with Gasteiger partial charge in [0.2, 0.25) is 5.91 Å². The standard InChI is InChI=1S/C30H38F3N5O4S/c1-29(2,3)21-15-22(27(42-5)23(16-21)35-43(6)41)34-28(40)24-14-19-8-7-9-20(26(19)36(24)4)18-37-10-12-38(13-11-37)25(39)17-30(31,32)33/h7-9,14-16,35H,10-13,17-18H2,1-6H3,(H,34,40). The number of alkyl halides is 3. The van der Waals surface area contributed by atoms with Crippen LogP contribution in [0.2, 0.25) is 0 Å². The van der Waals surface area contributed by atoms with Crippen LogP contribution in [0.3, 0.4) is 0 Å². The summed E-state index contributed by atoms with van der Waals surface area (Å²) in [5, 5.41) is 3.85. The van der Waals surface area contributed by atoms with Crippen LogP contribution in [0.15, 0.2) is 36.4 Å². The minimum atomic E-state index is -4.52. The van der Waals surface area contributed by atoms with Crippen LogP contribution in [0.1, 0.15) is 48.8 Å². The lowest BCUT2D eigenvalue weighted by Crippen LogP contribution is -2.49. The molecule has 2 N–H and O–H groups in total. The van der Waals surface area contributed by atoms with E-state index in [4.69, 9.17) is 4.74 Å². The molecule has 1 aliphatic heterocycles. The Bertz CT molecular complexity index is 1540. The van der Waals surface area contributed by atoms with E-state index in [0.717, 1.165) is 22.0 Å². The first-order valence-corrected chi connectivity index (χ1v) is 15.4. The molecular weight excluding hydrogens is 583 g/mol.